The molecular weight excluding hydrogens is 256 g/mol. The minimum atomic E-state index is -0.640. The van der Waals surface area contributed by atoms with Crippen molar-refractivity contribution in [2.45, 2.75) is 6.54 Å². The van der Waals surface area contributed by atoms with Gasteiger partial charge in [-0.05, 0) is 35.9 Å². The number of primary amides is 1. The van der Waals surface area contributed by atoms with Gasteiger partial charge in [0.2, 0.25) is 0 Å². The van der Waals surface area contributed by atoms with Gasteiger partial charge < -0.3 is 16.4 Å². The number of hydrogen-bond acceptors (Lipinski definition) is 3. The summed E-state index contributed by atoms with van der Waals surface area (Å²) in [5.74, 6) is -0.195. The number of carbonyl (C=O) groups is 2. The number of nitrogens with zero attached hydrogens (tertiary/aromatic N) is 1. The largest absolute Gasteiger partial charge is 0.351 e. The highest BCUT2D eigenvalue weighted by molar-refractivity contribution is 5.95. The number of hydrogen-bond donors (Lipinski definition) is 3. The van der Waals surface area contributed by atoms with Gasteiger partial charge in [0.15, 0.2) is 0 Å². The van der Waals surface area contributed by atoms with Crippen LogP contribution in [0.5, 0.6) is 0 Å². The number of nitrogens with one attached hydrogen (secondary N) is 2. The lowest BCUT2D eigenvalue weighted by Crippen LogP contribution is -2.23. The van der Waals surface area contributed by atoms with E-state index >= 15 is 0 Å². The number of benzene rings is 1. The topological polar surface area (TPSA) is 97.1 Å². The van der Waals surface area contributed by atoms with Crippen molar-refractivity contribution in [1.82, 2.24) is 10.3 Å². The van der Waals surface area contributed by atoms with E-state index in [9.17, 15) is 9.59 Å². The molecule has 0 saturated carbocycles. The Balaban J connectivity index is 1.94. The normalized spacial score (nSPS) is 9.80. The van der Waals surface area contributed by atoms with Crippen molar-refractivity contribution < 1.29 is 9.59 Å². The van der Waals surface area contributed by atoms with Crippen molar-refractivity contribution in [1.29, 1.82) is 0 Å². The molecule has 4 N–H and O–H groups in total. The van der Waals surface area contributed by atoms with Gasteiger partial charge in [-0.25, -0.2) is 4.79 Å². The molecule has 6 nitrogen and oxygen atoms in total. The van der Waals surface area contributed by atoms with E-state index in [1.807, 2.05) is 12.1 Å². The SMILES string of the molecule is NC(=O)Nc1ccc(C(=O)NCc2cccnc2)cc1. The van der Waals surface area contributed by atoms with Crippen LogP contribution in [0.1, 0.15) is 15.9 Å². The summed E-state index contributed by atoms with van der Waals surface area (Å²) in [4.78, 5) is 26.6. The summed E-state index contributed by atoms with van der Waals surface area (Å²) in [7, 11) is 0. The van der Waals surface area contributed by atoms with Crippen molar-refractivity contribution in [3.63, 3.8) is 0 Å². The predicted molar refractivity (Wildman–Crippen MR) is 75.1 cm³/mol. The monoisotopic (exact) mass is 270 g/mol. The van der Waals surface area contributed by atoms with E-state index in [4.69, 9.17) is 5.73 Å². The molecule has 2 aromatic rings. The van der Waals surface area contributed by atoms with Gasteiger partial charge >= 0.3 is 6.03 Å². The summed E-state index contributed by atoms with van der Waals surface area (Å²) in [5, 5.41) is 5.21. The quantitative estimate of drug-likeness (QED) is 0.785. The van der Waals surface area contributed by atoms with Crippen molar-refractivity contribution in [2.75, 3.05) is 5.32 Å². The summed E-state index contributed by atoms with van der Waals surface area (Å²) in [5.41, 5.74) is 6.97. The van der Waals surface area contributed by atoms with Crippen molar-refractivity contribution in [3.8, 4) is 0 Å². The van der Waals surface area contributed by atoms with Gasteiger partial charge in [-0.15, -0.1) is 0 Å². The average Bonchev–Trinajstić information content (AvgIpc) is 2.46. The molecule has 0 unspecified atom stereocenters. The first kappa shape index (κ1) is 13.5. The molecule has 0 aliphatic heterocycles. The molecular formula is C14H14N4O2. The first-order valence-corrected chi connectivity index (χ1v) is 5.99. The third-order valence-electron chi connectivity index (χ3n) is 2.59. The number of rotatable bonds is 4. The van der Waals surface area contributed by atoms with Crippen LogP contribution in [0.4, 0.5) is 10.5 Å². The van der Waals surface area contributed by atoms with Crippen LogP contribution >= 0.6 is 0 Å². The number of urea groups is 1. The van der Waals surface area contributed by atoms with Crippen LogP contribution in [0.25, 0.3) is 0 Å². The fraction of sp³-hybridized carbons (Fsp3) is 0.0714. The highest BCUT2D eigenvalue weighted by Crippen LogP contribution is 2.09. The zero-order valence-electron chi connectivity index (χ0n) is 10.7. The van der Waals surface area contributed by atoms with E-state index in [0.29, 0.717) is 17.8 Å². The van der Waals surface area contributed by atoms with Crippen molar-refractivity contribution >= 4 is 17.6 Å². The van der Waals surface area contributed by atoms with Crippen molar-refractivity contribution in [2.24, 2.45) is 5.73 Å². The van der Waals surface area contributed by atoms with Crippen LogP contribution in [0.2, 0.25) is 0 Å². The summed E-state index contributed by atoms with van der Waals surface area (Å²) in [6, 6.07) is 9.51. The van der Waals surface area contributed by atoms with Crippen LogP contribution < -0.4 is 16.4 Å². The summed E-state index contributed by atoms with van der Waals surface area (Å²) in [6.45, 7) is 0.411. The van der Waals surface area contributed by atoms with E-state index in [1.165, 1.54) is 0 Å². The first-order valence-electron chi connectivity index (χ1n) is 5.99. The highest BCUT2D eigenvalue weighted by atomic mass is 16.2. The van der Waals surface area contributed by atoms with E-state index in [0.717, 1.165) is 5.56 Å². The second kappa shape index (κ2) is 6.33. The van der Waals surface area contributed by atoms with Gasteiger partial charge in [0.05, 0.1) is 0 Å². The average molecular weight is 270 g/mol. The molecule has 0 radical (unpaired) electrons. The molecule has 0 spiro atoms. The number of pyridine rings is 1. The van der Waals surface area contributed by atoms with E-state index in [2.05, 4.69) is 15.6 Å². The Morgan fingerprint density at radius 2 is 1.90 bits per heavy atom. The van der Waals surface area contributed by atoms with Crippen LogP contribution in [0.3, 0.4) is 0 Å². The molecule has 1 heterocycles. The van der Waals surface area contributed by atoms with E-state index in [-0.39, 0.29) is 5.91 Å². The number of carbonyl (C=O) groups excluding carboxylic acids is 2. The van der Waals surface area contributed by atoms with Gasteiger partial charge in [0.25, 0.3) is 5.91 Å². The highest BCUT2D eigenvalue weighted by Gasteiger charge is 2.05. The smallest absolute Gasteiger partial charge is 0.316 e. The lowest BCUT2D eigenvalue weighted by molar-refractivity contribution is 0.0951. The molecule has 20 heavy (non-hydrogen) atoms. The molecule has 6 heteroatoms. The summed E-state index contributed by atoms with van der Waals surface area (Å²) >= 11 is 0. The third kappa shape index (κ3) is 3.81. The minimum Gasteiger partial charge on any atom is -0.351 e. The Morgan fingerprint density at radius 1 is 1.15 bits per heavy atom. The lowest BCUT2D eigenvalue weighted by Gasteiger charge is -2.06. The van der Waals surface area contributed by atoms with Gasteiger partial charge in [-0.1, -0.05) is 6.07 Å². The number of aromatic nitrogens is 1. The second-order valence-corrected chi connectivity index (χ2v) is 4.11. The Kier molecular flexibility index (Phi) is 4.28. The van der Waals surface area contributed by atoms with Gasteiger partial charge in [0, 0.05) is 30.2 Å². The van der Waals surface area contributed by atoms with Gasteiger partial charge in [-0.3, -0.25) is 9.78 Å². The second-order valence-electron chi connectivity index (χ2n) is 4.11. The fourth-order valence-electron chi connectivity index (χ4n) is 1.63. The number of anilines is 1. The van der Waals surface area contributed by atoms with E-state index in [1.54, 1.807) is 36.7 Å². The van der Waals surface area contributed by atoms with E-state index < -0.39 is 6.03 Å². The summed E-state index contributed by atoms with van der Waals surface area (Å²) < 4.78 is 0. The molecule has 0 atom stereocenters. The van der Waals surface area contributed by atoms with Gasteiger partial charge in [0.1, 0.15) is 0 Å². The molecule has 102 valence electrons. The number of nitrogens with two attached hydrogens (primary N) is 1. The zero-order chi connectivity index (χ0) is 14.4. The Morgan fingerprint density at radius 3 is 2.50 bits per heavy atom. The molecule has 1 aromatic heterocycles. The Hall–Kier alpha value is -2.89. The molecule has 2 rings (SSSR count). The van der Waals surface area contributed by atoms with Crippen LogP contribution in [0.15, 0.2) is 48.8 Å². The predicted octanol–water partition coefficient (Wildman–Crippen LogP) is 1.50. The third-order valence-corrected chi connectivity index (χ3v) is 2.59. The Labute approximate surface area is 116 Å². The Bertz CT molecular complexity index is 596. The maximum Gasteiger partial charge on any atom is 0.316 e. The first-order chi connectivity index (χ1) is 9.65. The lowest BCUT2D eigenvalue weighted by atomic mass is 10.2. The van der Waals surface area contributed by atoms with Crippen molar-refractivity contribution in [3.05, 3.63) is 59.9 Å². The minimum absolute atomic E-state index is 0.195. The maximum absolute atomic E-state index is 11.9. The molecule has 0 saturated heterocycles. The van der Waals surface area contributed by atoms with Crippen LogP contribution in [-0.2, 0) is 6.54 Å². The summed E-state index contributed by atoms with van der Waals surface area (Å²) in [6.07, 6.45) is 3.37. The standard InChI is InChI=1S/C14H14N4O2/c15-14(20)18-12-5-3-11(4-6-12)13(19)17-9-10-2-1-7-16-8-10/h1-8H,9H2,(H,17,19)(H3,15,18,20). The molecule has 0 aliphatic rings. The van der Waals surface area contributed by atoms with Crippen LogP contribution in [-0.4, -0.2) is 16.9 Å². The van der Waals surface area contributed by atoms with Gasteiger partial charge in [-0.2, -0.15) is 0 Å². The molecule has 0 bridgehead atoms. The fourth-order valence-corrected chi connectivity index (χ4v) is 1.63. The molecule has 0 fully saturated rings. The maximum atomic E-state index is 11.9. The molecule has 1 aromatic carbocycles. The molecule has 0 aliphatic carbocycles. The molecule has 3 amide bonds. The number of amides is 3. The van der Waals surface area contributed by atoms with Crippen LogP contribution in [0, 0.1) is 0 Å². The zero-order valence-corrected chi connectivity index (χ0v) is 10.7.